The number of nitrogens with zero attached hydrogens (tertiary/aromatic N) is 6. The molecule has 8 rings (SSSR count). The maximum Gasteiger partial charge on any atom is 0.306 e. The Hall–Kier alpha value is -6.43. The normalized spacial score (nSPS) is 17.9. The van der Waals surface area contributed by atoms with Gasteiger partial charge in [-0.25, -0.2) is 9.37 Å². The lowest BCUT2D eigenvalue weighted by Gasteiger charge is -2.35. The number of carboxylic acid groups (broad SMARTS) is 1. The van der Waals surface area contributed by atoms with Crippen LogP contribution in [0, 0.1) is 38.9 Å². The van der Waals surface area contributed by atoms with Crippen molar-refractivity contribution in [1.82, 2.24) is 35.3 Å². The lowest BCUT2D eigenvalue weighted by molar-refractivity contribution is -0.142. The first-order valence-electron chi connectivity index (χ1n) is 21.6. The predicted molar refractivity (Wildman–Crippen MR) is 252 cm³/mol. The standard InChI is InChI=1S/C49H51FN8O6S2/c1-24-27(4)66-48-40(24)41(53-37(21-39(60)61)44-56-55-28(5)58(44)48)31-13-11-30(12-14-31)35-18-17-33(19-36(35)50)45(62)54-43(49(6,7)8)47(64)57-22-34(59)20-38(57)46(63)52-25(2)29-9-15-32(16-10-29)42-26(3)51-23-65-42/h9-19,23,25,34,37-38,43,59H,20-22H2,1-8H3,(H,52,63)(H,54,62)(H,60,61)/t25?,34-,37+,38+,43?/m1/s1. The van der Waals surface area contributed by atoms with E-state index >= 15 is 4.39 Å². The van der Waals surface area contributed by atoms with Crippen molar-refractivity contribution in [2.24, 2.45) is 10.4 Å². The molecule has 3 aromatic carbocycles. The summed E-state index contributed by atoms with van der Waals surface area (Å²) in [5.74, 6) is -2.26. The van der Waals surface area contributed by atoms with Crippen LogP contribution in [0.5, 0.6) is 0 Å². The highest BCUT2D eigenvalue weighted by atomic mass is 32.1. The van der Waals surface area contributed by atoms with Crippen LogP contribution in [0.1, 0.15) is 107 Å². The summed E-state index contributed by atoms with van der Waals surface area (Å²) >= 11 is 3.11. The van der Waals surface area contributed by atoms with Gasteiger partial charge in [0.15, 0.2) is 5.82 Å². The molecule has 2 aliphatic heterocycles. The zero-order valence-electron chi connectivity index (χ0n) is 37.8. The van der Waals surface area contributed by atoms with Gasteiger partial charge in [-0.15, -0.1) is 32.9 Å². The van der Waals surface area contributed by atoms with Crippen LogP contribution in [-0.4, -0.2) is 89.0 Å². The molecule has 0 saturated carbocycles. The van der Waals surface area contributed by atoms with Crippen LogP contribution >= 0.6 is 22.7 Å². The van der Waals surface area contributed by atoms with Crippen molar-refractivity contribution >= 4 is 52.1 Å². The van der Waals surface area contributed by atoms with Gasteiger partial charge in [-0.3, -0.25) is 28.7 Å². The number of benzene rings is 3. The van der Waals surface area contributed by atoms with Crippen molar-refractivity contribution in [3.8, 4) is 26.6 Å². The number of hydrogen-bond donors (Lipinski definition) is 4. The van der Waals surface area contributed by atoms with Crippen LogP contribution in [-0.2, 0) is 14.4 Å². The molecule has 0 radical (unpaired) electrons. The lowest BCUT2D eigenvalue weighted by Crippen LogP contribution is -2.57. The summed E-state index contributed by atoms with van der Waals surface area (Å²) in [6.45, 7) is 14.9. The number of aliphatic carboxylic acids is 1. The molecule has 0 spiro atoms. The summed E-state index contributed by atoms with van der Waals surface area (Å²) in [5.41, 5.74) is 7.70. The fraction of sp³-hybridized carbons (Fsp3) is 0.347. The number of aliphatic hydroxyl groups excluding tert-OH is 1. The predicted octanol–water partition coefficient (Wildman–Crippen LogP) is 7.84. The highest BCUT2D eigenvalue weighted by Gasteiger charge is 2.45. The number of nitrogens with one attached hydrogen (secondary N) is 2. The first-order chi connectivity index (χ1) is 31.3. The molecule has 5 atom stereocenters. The number of aliphatic hydroxyl groups is 1. The maximum atomic E-state index is 16.0. The van der Waals surface area contributed by atoms with E-state index in [0.29, 0.717) is 28.5 Å². The van der Waals surface area contributed by atoms with E-state index in [1.54, 1.807) is 61.1 Å². The number of rotatable bonds is 11. The van der Waals surface area contributed by atoms with Gasteiger partial charge in [0.25, 0.3) is 5.91 Å². The molecule has 0 bridgehead atoms. The zero-order chi connectivity index (χ0) is 47.4. The number of aliphatic imine (C=N–C) groups is 1. The van der Waals surface area contributed by atoms with Crippen molar-refractivity contribution in [2.75, 3.05) is 6.54 Å². The zero-order valence-corrected chi connectivity index (χ0v) is 39.5. The molecule has 5 heterocycles. The van der Waals surface area contributed by atoms with E-state index in [4.69, 9.17) is 4.99 Å². The van der Waals surface area contributed by atoms with Gasteiger partial charge in [0.1, 0.15) is 34.8 Å². The highest BCUT2D eigenvalue weighted by Crippen LogP contribution is 2.40. The van der Waals surface area contributed by atoms with Crippen molar-refractivity contribution in [1.29, 1.82) is 0 Å². The number of thiazole rings is 1. The number of thiophene rings is 1. The summed E-state index contributed by atoms with van der Waals surface area (Å²) in [6, 6.07) is 15.8. The number of carbonyl (C=O) groups excluding carboxylic acids is 3. The molecule has 6 aromatic rings. The summed E-state index contributed by atoms with van der Waals surface area (Å²) in [5, 5.41) is 35.8. The van der Waals surface area contributed by atoms with Gasteiger partial charge in [-0.2, -0.15) is 0 Å². The van der Waals surface area contributed by atoms with Gasteiger partial charge in [-0.05, 0) is 74.4 Å². The van der Waals surface area contributed by atoms with E-state index in [1.165, 1.54) is 17.0 Å². The minimum Gasteiger partial charge on any atom is -0.481 e. The number of halogens is 1. The summed E-state index contributed by atoms with van der Waals surface area (Å²) < 4.78 is 17.9. The Bertz CT molecular complexity index is 2900. The smallest absolute Gasteiger partial charge is 0.306 e. The Morgan fingerprint density at radius 2 is 1.61 bits per heavy atom. The van der Waals surface area contributed by atoms with Gasteiger partial charge >= 0.3 is 5.97 Å². The number of fused-ring (bicyclic) bond motifs is 3. The molecule has 14 nitrogen and oxygen atoms in total. The molecular weight excluding hydrogens is 880 g/mol. The number of aromatic nitrogens is 4. The first kappa shape index (κ1) is 46.1. The van der Waals surface area contributed by atoms with E-state index in [1.807, 2.05) is 75.6 Å². The minimum absolute atomic E-state index is 0.00794. The van der Waals surface area contributed by atoms with Crippen LogP contribution in [0.4, 0.5) is 4.39 Å². The average Bonchev–Trinajstić information content (AvgIpc) is 4.04. The first-order valence-corrected chi connectivity index (χ1v) is 23.3. The van der Waals surface area contributed by atoms with Gasteiger partial charge in [0.05, 0.1) is 40.4 Å². The third-order valence-electron chi connectivity index (χ3n) is 12.3. The summed E-state index contributed by atoms with van der Waals surface area (Å²) in [4.78, 5) is 66.7. The maximum absolute atomic E-state index is 16.0. The second-order valence-corrected chi connectivity index (χ2v) is 20.1. The molecular formula is C49H51FN8O6S2. The number of aryl methyl sites for hydroxylation is 3. The van der Waals surface area contributed by atoms with Crippen molar-refractivity contribution in [3.05, 3.63) is 128 Å². The molecule has 342 valence electrons. The SMILES string of the molecule is Cc1ncsc1-c1ccc(C(C)NC(=O)[C@@H]2C[C@@H](O)CN2C(=O)C(NC(=O)c2ccc(-c3ccc(C4=N[C@@H](CC(=O)O)c5nnc(C)n5-c5sc(C)c(C)c54)cc3)c(F)c2)C(C)(C)C)cc1. The second kappa shape index (κ2) is 18.1. The number of amides is 3. The molecule has 0 aliphatic carbocycles. The molecule has 1 fully saturated rings. The van der Waals surface area contributed by atoms with Crippen LogP contribution in [0.25, 0.3) is 26.6 Å². The van der Waals surface area contributed by atoms with Crippen LogP contribution < -0.4 is 10.6 Å². The van der Waals surface area contributed by atoms with Crippen LogP contribution in [0.3, 0.4) is 0 Å². The van der Waals surface area contributed by atoms with E-state index in [0.717, 1.165) is 48.8 Å². The molecule has 17 heteroatoms. The lowest BCUT2D eigenvalue weighted by atomic mass is 9.85. The number of hydrogen-bond acceptors (Lipinski definition) is 11. The van der Waals surface area contributed by atoms with Gasteiger partial charge in [-0.1, -0.05) is 75.4 Å². The van der Waals surface area contributed by atoms with Crippen molar-refractivity contribution < 1.29 is 33.8 Å². The van der Waals surface area contributed by atoms with Crippen molar-refractivity contribution in [2.45, 2.75) is 98.5 Å². The monoisotopic (exact) mass is 930 g/mol. The Kier molecular flexibility index (Phi) is 12.6. The van der Waals surface area contributed by atoms with E-state index in [9.17, 15) is 29.4 Å². The molecule has 2 aliphatic rings. The molecule has 1 saturated heterocycles. The fourth-order valence-corrected chi connectivity index (χ4v) is 10.6. The number of carboxylic acids is 1. The molecule has 66 heavy (non-hydrogen) atoms. The summed E-state index contributed by atoms with van der Waals surface area (Å²) in [6.07, 6.45) is -1.20. The Morgan fingerprint density at radius 1 is 0.924 bits per heavy atom. The largest absolute Gasteiger partial charge is 0.481 e. The Balaban J connectivity index is 0.980. The Labute approximate surface area is 389 Å². The molecule has 3 aromatic heterocycles. The quantitative estimate of drug-likeness (QED) is 0.100. The third-order valence-corrected chi connectivity index (χ3v) is 14.5. The number of β-amino-alcohol motifs (C(OH)–C–C–N with tert-alkyl or cyclic N) is 1. The van der Waals surface area contributed by atoms with E-state index in [-0.39, 0.29) is 30.5 Å². The van der Waals surface area contributed by atoms with Crippen LogP contribution in [0.15, 0.2) is 77.2 Å². The molecule has 3 amide bonds. The Morgan fingerprint density at radius 3 is 2.24 bits per heavy atom. The molecule has 2 unspecified atom stereocenters. The average molecular weight is 931 g/mol. The van der Waals surface area contributed by atoms with Gasteiger partial charge in [0.2, 0.25) is 11.8 Å². The van der Waals surface area contributed by atoms with Crippen LogP contribution in [0.2, 0.25) is 0 Å². The minimum atomic E-state index is -1.13. The highest BCUT2D eigenvalue weighted by molar-refractivity contribution is 7.15. The fourth-order valence-electron chi connectivity index (χ4n) is 8.62. The van der Waals surface area contributed by atoms with Gasteiger partial charge in [0, 0.05) is 40.1 Å². The van der Waals surface area contributed by atoms with Gasteiger partial charge < -0.3 is 25.7 Å². The van der Waals surface area contributed by atoms with E-state index in [2.05, 4.69) is 25.8 Å². The number of likely N-dealkylation sites (tertiary alicyclic amines) is 1. The topological polar surface area (TPSA) is 192 Å². The third kappa shape index (κ3) is 8.94. The summed E-state index contributed by atoms with van der Waals surface area (Å²) in [7, 11) is 0. The van der Waals surface area contributed by atoms with Crippen molar-refractivity contribution in [3.63, 3.8) is 0 Å². The van der Waals surface area contributed by atoms with E-state index < -0.39 is 65.2 Å². The molecule has 4 N–H and O–H groups in total. The number of carbonyl (C=O) groups is 4. The second-order valence-electron chi connectivity index (χ2n) is 18.1.